The van der Waals surface area contributed by atoms with Crippen LogP contribution in [-0.2, 0) is 0 Å². The molecular weight excluding hydrogens is 184 g/mol. The summed E-state index contributed by atoms with van der Waals surface area (Å²) in [5.41, 5.74) is 3.59. The first-order valence-corrected chi connectivity index (χ1v) is 6.31. The summed E-state index contributed by atoms with van der Waals surface area (Å²) in [5.74, 6) is 2.10. The topological polar surface area (TPSA) is 17.0 Å². The zero-order chi connectivity index (χ0) is 10.1. The van der Waals surface area contributed by atoms with Crippen LogP contribution in [0.15, 0.2) is 24.5 Å². The molecule has 2 aliphatic rings. The lowest BCUT2D eigenvalue weighted by Gasteiger charge is -2.30. The Morgan fingerprint density at radius 2 is 1.73 bits per heavy atom. The van der Waals surface area contributed by atoms with Gasteiger partial charge in [-0.15, -0.1) is 0 Å². The molecule has 2 unspecified atom stereocenters. The van der Waals surface area contributed by atoms with E-state index in [0.29, 0.717) is 6.04 Å². The predicted molar refractivity (Wildman–Crippen MR) is 62.3 cm³/mol. The Kier molecular flexibility index (Phi) is 2.43. The summed E-state index contributed by atoms with van der Waals surface area (Å²) in [6.45, 7) is 0. The van der Waals surface area contributed by atoms with Gasteiger partial charge < -0.3 is 5.43 Å². The van der Waals surface area contributed by atoms with Crippen LogP contribution < -0.4 is 5.43 Å². The van der Waals surface area contributed by atoms with Crippen LogP contribution in [0.1, 0.15) is 38.5 Å². The SMILES string of the molecule is c1ccn(NC2CCCC(C3CC3)C2)c1. The van der Waals surface area contributed by atoms with Gasteiger partial charge in [0.05, 0.1) is 0 Å². The standard InChI is InChI=1S/C13H20N2/c1-2-9-15(8-1)14-13-5-3-4-12(10-13)11-6-7-11/h1-2,8-9,11-14H,3-7,10H2. The van der Waals surface area contributed by atoms with Crippen LogP contribution in [0.3, 0.4) is 0 Å². The number of rotatable bonds is 3. The molecule has 0 spiro atoms. The number of aromatic nitrogens is 1. The Bertz CT molecular complexity index is 300. The van der Waals surface area contributed by atoms with Gasteiger partial charge in [-0.1, -0.05) is 12.8 Å². The fourth-order valence-corrected chi connectivity index (χ4v) is 2.97. The van der Waals surface area contributed by atoms with E-state index >= 15 is 0 Å². The average molecular weight is 204 g/mol. The average Bonchev–Trinajstić information content (AvgIpc) is 3.00. The van der Waals surface area contributed by atoms with Crippen LogP contribution in [-0.4, -0.2) is 10.7 Å². The maximum Gasteiger partial charge on any atom is 0.0427 e. The molecule has 2 atom stereocenters. The van der Waals surface area contributed by atoms with Crippen LogP contribution in [0.5, 0.6) is 0 Å². The molecule has 1 heterocycles. The van der Waals surface area contributed by atoms with E-state index in [0.717, 1.165) is 11.8 Å². The predicted octanol–water partition coefficient (Wildman–Crippen LogP) is 3.00. The second-order valence-electron chi connectivity index (χ2n) is 5.18. The van der Waals surface area contributed by atoms with E-state index in [1.165, 1.54) is 38.5 Å². The molecule has 2 fully saturated rings. The van der Waals surface area contributed by atoms with Gasteiger partial charge in [0.25, 0.3) is 0 Å². The van der Waals surface area contributed by atoms with Crippen LogP contribution in [0.25, 0.3) is 0 Å². The van der Waals surface area contributed by atoms with Crippen molar-refractivity contribution in [3.8, 4) is 0 Å². The van der Waals surface area contributed by atoms with Crippen molar-refractivity contribution in [2.75, 3.05) is 5.43 Å². The molecule has 0 saturated heterocycles. The quantitative estimate of drug-likeness (QED) is 0.801. The molecule has 2 nitrogen and oxygen atoms in total. The van der Waals surface area contributed by atoms with E-state index in [9.17, 15) is 0 Å². The highest BCUT2D eigenvalue weighted by atomic mass is 15.4. The number of hydrogen-bond acceptors (Lipinski definition) is 1. The smallest absolute Gasteiger partial charge is 0.0427 e. The molecule has 0 bridgehead atoms. The molecular formula is C13H20N2. The first kappa shape index (κ1) is 9.32. The third-order valence-corrected chi connectivity index (χ3v) is 3.94. The van der Waals surface area contributed by atoms with Gasteiger partial charge in [0.2, 0.25) is 0 Å². The fraction of sp³-hybridized carbons (Fsp3) is 0.692. The Morgan fingerprint density at radius 1 is 0.933 bits per heavy atom. The molecule has 15 heavy (non-hydrogen) atoms. The van der Waals surface area contributed by atoms with Crippen molar-refractivity contribution in [2.24, 2.45) is 11.8 Å². The van der Waals surface area contributed by atoms with E-state index in [-0.39, 0.29) is 0 Å². The highest BCUT2D eigenvalue weighted by Crippen LogP contribution is 2.43. The molecule has 0 amide bonds. The maximum absolute atomic E-state index is 3.59. The minimum absolute atomic E-state index is 0.705. The van der Waals surface area contributed by atoms with Crippen molar-refractivity contribution in [1.29, 1.82) is 0 Å². The summed E-state index contributed by atoms with van der Waals surface area (Å²) in [5, 5.41) is 0. The zero-order valence-corrected chi connectivity index (χ0v) is 9.23. The van der Waals surface area contributed by atoms with E-state index in [1.807, 2.05) is 0 Å². The molecule has 82 valence electrons. The van der Waals surface area contributed by atoms with Crippen LogP contribution >= 0.6 is 0 Å². The van der Waals surface area contributed by atoms with Crippen molar-refractivity contribution in [3.05, 3.63) is 24.5 Å². The Balaban J connectivity index is 1.56. The molecule has 0 aliphatic heterocycles. The minimum atomic E-state index is 0.705. The van der Waals surface area contributed by atoms with Gasteiger partial charge in [0, 0.05) is 18.4 Å². The van der Waals surface area contributed by atoms with Gasteiger partial charge in [0.1, 0.15) is 0 Å². The number of nitrogens with zero attached hydrogens (tertiary/aromatic N) is 1. The van der Waals surface area contributed by atoms with Crippen molar-refractivity contribution >= 4 is 0 Å². The zero-order valence-electron chi connectivity index (χ0n) is 9.23. The molecule has 3 rings (SSSR count). The third-order valence-electron chi connectivity index (χ3n) is 3.94. The second kappa shape index (κ2) is 3.92. The second-order valence-corrected chi connectivity index (χ2v) is 5.18. The monoisotopic (exact) mass is 204 g/mol. The fourth-order valence-electron chi connectivity index (χ4n) is 2.97. The summed E-state index contributed by atoms with van der Waals surface area (Å²) in [4.78, 5) is 0. The Hall–Kier alpha value is -0.920. The largest absolute Gasteiger partial charge is 0.323 e. The summed E-state index contributed by atoms with van der Waals surface area (Å²) in [7, 11) is 0. The minimum Gasteiger partial charge on any atom is -0.323 e. The first-order valence-electron chi connectivity index (χ1n) is 6.31. The van der Waals surface area contributed by atoms with Crippen molar-refractivity contribution in [3.63, 3.8) is 0 Å². The Morgan fingerprint density at radius 3 is 2.47 bits per heavy atom. The molecule has 0 aromatic carbocycles. The lowest BCUT2D eigenvalue weighted by molar-refractivity contribution is 0.293. The molecule has 1 aromatic rings. The van der Waals surface area contributed by atoms with E-state index in [4.69, 9.17) is 0 Å². The van der Waals surface area contributed by atoms with E-state index in [2.05, 4.69) is 34.6 Å². The summed E-state index contributed by atoms with van der Waals surface area (Å²) in [6.07, 6.45) is 12.8. The van der Waals surface area contributed by atoms with Gasteiger partial charge >= 0.3 is 0 Å². The molecule has 0 radical (unpaired) electrons. The highest BCUT2D eigenvalue weighted by Gasteiger charge is 2.34. The van der Waals surface area contributed by atoms with Gasteiger partial charge in [-0.25, -0.2) is 0 Å². The van der Waals surface area contributed by atoms with Gasteiger partial charge in [0.15, 0.2) is 0 Å². The van der Waals surface area contributed by atoms with Gasteiger partial charge in [-0.05, 0) is 49.7 Å². The van der Waals surface area contributed by atoms with Crippen LogP contribution in [0, 0.1) is 11.8 Å². The summed E-state index contributed by atoms with van der Waals surface area (Å²) in [6, 6.07) is 4.86. The lowest BCUT2D eigenvalue weighted by atomic mass is 9.83. The third kappa shape index (κ3) is 2.19. The summed E-state index contributed by atoms with van der Waals surface area (Å²) >= 11 is 0. The molecule has 1 N–H and O–H groups in total. The number of nitrogens with one attached hydrogen (secondary N) is 1. The van der Waals surface area contributed by atoms with Gasteiger partial charge in [-0.3, -0.25) is 4.68 Å². The van der Waals surface area contributed by atoms with E-state index in [1.54, 1.807) is 0 Å². The van der Waals surface area contributed by atoms with Crippen molar-refractivity contribution in [1.82, 2.24) is 4.68 Å². The Labute approximate surface area is 91.6 Å². The van der Waals surface area contributed by atoms with Crippen LogP contribution in [0.2, 0.25) is 0 Å². The summed E-state index contributed by atoms with van der Waals surface area (Å²) < 4.78 is 2.11. The highest BCUT2D eigenvalue weighted by molar-refractivity contribution is 4.98. The van der Waals surface area contributed by atoms with Crippen molar-refractivity contribution in [2.45, 2.75) is 44.6 Å². The van der Waals surface area contributed by atoms with Gasteiger partial charge in [-0.2, -0.15) is 0 Å². The normalized spacial score (nSPS) is 31.5. The maximum atomic E-state index is 3.59. The lowest BCUT2D eigenvalue weighted by Crippen LogP contribution is -2.32. The number of hydrogen-bond donors (Lipinski definition) is 1. The molecule has 2 saturated carbocycles. The first-order chi connectivity index (χ1) is 7.42. The molecule has 2 aliphatic carbocycles. The van der Waals surface area contributed by atoms with E-state index < -0.39 is 0 Å². The van der Waals surface area contributed by atoms with Crippen molar-refractivity contribution < 1.29 is 0 Å². The van der Waals surface area contributed by atoms with Crippen LogP contribution in [0.4, 0.5) is 0 Å². The molecule has 1 aromatic heterocycles. The molecule has 2 heteroatoms.